The van der Waals surface area contributed by atoms with Crippen molar-refractivity contribution in [1.29, 1.82) is 0 Å². The molecule has 0 amide bonds. The fraction of sp³-hybridized carbons (Fsp3) is 0.367. The van der Waals surface area contributed by atoms with Gasteiger partial charge in [-0.3, -0.25) is 9.69 Å². The smallest absolute Gasteiger partial charge is 0.258 e. The minimum atomic E-state index is 0.172. The fourth-order valence-electron chi connectivity index (χ4n) is 6.43. The molecular formula is C30H34N4O. The van der Waals surface area contributed by atoms with Crippen LogP contribution in [0.1, 0.15) is 29.2 Å². The van der Waals surface area contributed by atoms with Crippen LogP contribution in [-0.4, -0.2) is 46.1 Å². The van der Waals surface area contributed by atoms with Crippen LogP contribution in [0.3, 0.4) is 0 Å². The summed E-state index contributed by atoms with van der Waals surface area (Å²) in [6.07, 6.45) is 3.47. The number of rotatable bonds is 5. The van der Waals surface area contributed by atoms with Crippen LogP contribution in [0.4, 0.5) is 0 Å². The maximum Gasteiger partial charge on any atom is 0.258 e. The zero-order valence-corrected chi connectivity index (χ0v) is 20.9. The van der Waals surface area contributed by atoms with Gasteiger partial charge in [-0.25, -0.2) is 0 Å². The summed E-state index contributed by atoms with van der Waals surface area (Å²) in [7, 11) is 6.27. The SMILES string of the molecule is CN(C)Cc1ccccc1-c1ccc2n(c1=O)C[C@@H]1C[C@@H]2CN(Cc2cn(C)c3ccccc23)C1. The highest BCUT2D eigenvalue weighted by molar-refractivity contribution is 5.83. The highest BCUT2D eigenvalue weighted by atomic mass is 16.1. The third-order valence-corrected chi connectivity index (χ3v) is 7.85. The van der Waals surface area contributed by atoms with Crippen molar-refractivity contribution in [2.45, 2.75) is 32.0 Å². The Morgan fingerprint density at radius 1 is 0.886 bits per heavy atom. The van der Waals surface area contributed by atoms with Gasteiger partial charge >= 0.3 is 0 Å². The minimum absolute atomic E-state index is 0.172. The van der Waals surface area contributed by atoms with Gasteiger partial charge in [-0.2, -0.15) is 0 Å². The van der Waals surface area contributed by atoms with Crippen LogP contribution in [0.2, 0.25) is 0 Å². The van der Waals surface area contributed by atoms with E-state index >= 15 is 0 Å². The summed E-state index contributed by atoms with van der Waals surface area (Å²) in [4.78, 5) is 18.5. The molecule has 1 fully saturated rings. The molecule has 2 aromatic heterocycles. The van der Waals surface area contributed by atoms with E-state index in [0.717, 1.165) is 43.9 Å². The van der Waals surface area contributed by atoms with Gasteiger partial charge in [-0.15, -0.1) is 0 Å². The molecule has 0 unspecified atom stereocenters. The van der Waals surface area contributed by atoms with Gasteiger partial charge in [0.1, 0.15) is 0 Å². The predicted molar refractivity (Wildman–Crippen MR) is 143 cm³/mol. The van der Waals surface area contributed by atoms with Crippen LogP contribution in [-0.2, 0) is 26.7 Å². The summed E-state index contributed by atoms with van der Waals surface area (Å²) in [6.45, 7) is 4.67. The van der Waals surface area contributed by atoms with E-state index in [1.807, 2.05) is 6.07 Å². The van der Waals surface area contributed by atoms with Crippen molar-refractivity contribution in [3.8, 4) is 11.1 Å². The topological polar surface area (TPSA) is 33.4 Å². The molecule has 2 aliphatic heterocycles. The lowest BCUT2D eigenvalue weighted by Crippen LogP contribution is -2.46. The van der Waals surface area contributed by atoms with Crippen molar-refractivity contribution in [2.24, 2.45) is 13.0 Å². The van der Waals surface area contributed by atoms with Gasteiger partial charge in [0.15, 0.2) is 0 Å². The molecule has 4 aromatic rings. The number of nitrogens with zero attached hydrogens (tertiary/aromatic N) is 4. The monoisotopic (exact) mass is 466 g/mol. The Bertz CT molecular complexity index is 1450. The van der Waals surface area contributed by atoms with Crippen molar-refractivity contribution in [1.82, 2.24) is 18.9 Å². The predicted octanol–water partition coefficient (Wildman–Crippen LogP) is 4.69. The Morgan fingerprint density at radius 3 is 2.54 bits per heavy atom. The molecule has 2 bridgehead atoms. The quantitative estimate of drug-likeness (QED) is 0.428. The Labute approximate surface area is 207 Å². The van der Waals surface area contributed by atoms with Gasteiger partial charge in [0, 0.05) is 74.0 Å². The third kappa shape index (κ3) is 4.03. The summed E-state index contributed by atoms with van der Waals surface area (Å²) < 4.78 is 4.33. The Kier molecular flexibility index (Phi) is 5.62. The molecule has 2 aliphatic rings. The van der Waals surface area contributed by atoms with Crippen LogP contribution in [0.15, 0.2) is 71.7 Å². The first-order valence-corrected chi connectivity index (χ1v) is 12.7. The van der Waals surface area contributed by atoms with Gasteiger partial charge in [-0.05, 0) is 61.3 Å². The third-order valence-electron chi connectivity index (χ3n) is 7.85. The lowest BCUT2D eigenvalue weighted by Gasteiger charge is -2.43. The zero-order valence-electron chi connectivity index (χ0n) is 20.9. The number of likely N-dealkylation sites (tertiary alicyclic amines) is 1. The zero-order chi connectivity index (χ0) is 24.1. The largest absolute Gasteiger partial charge is 0.350 e. The summed E-state index contributed by atoms with van der Waals surface area (Å²) in [5.74, 6) is 0.928. The molecule has 0 radical (unpaired) electrons. The number of benzene rings is 2. The molecule has 1 saturated heterocycles. The van der Waals surface area contributed by atoms with Crippen molar-refractivity contribution in [3.05, 3.63) is 94.0 Å². The van der Waals surface area contributed by atoms with Gasteiger partial charge in [0.2, 0.25) is 0 Å². The highest BCUT2D eigenvalue weighted by Crippen LogP contribution is 2.37. The molecule has 6 rings (SSSR count). The molecule has 5 heteroatoms. The van der Waals surface area contributed by atoms with E-state index < -0.39 is 0 Å². The van der Waals surface area contributed by atoms with Gasteiger partial charge in [0.05, 0.1) is 0 Å². The molecule has 0 aliphatic carbocycles. The fourth-order valence-corrected chi connectivity index (χ4v) is 6.43. The van der Waals surface area contributed by atoms with Gasteiger partial charge < -0.3 is 14.0 Å². The van der Waals surface area contributed by atoms with E-state index in [1.165, 1.54) is 34.1 Å². The lowest BCUT2D eigenvalue weighted by atomic mass is 9.82. The molecule has 0 saturated carbocycles. The van der Waals surface area contributed by atoms with Crippen molar-refractivity contribution >= 4 is 10.9 Å². The van der Waals surface area contributed by atoms with E-state index in [2.05, 4.69) is 101 Å². The molecule has 0 spiro atoms. The average Bonchev–Trinajstić information content (AvgIpc) is 3.15. The maximum atomic E-state index is 13.7. The number of aromatic nitrogens is 2. The van der Waals surface area contributed by atoms with Crippen LogP contribution in [0.25, 0.3) is 22.0 Å². The van der Waals surface area contributed by atoms with Crippen molar-refractivity contribution in [2.75, 3.05) is 27.2 Å². The Balaban J connectivity index is 1.30. The second kappa shape index (κ2) is 8.81. The highest BCUT2D eigenvalue weighted by Gasteiger charge is 2.35. The molecule has 0 N–H and O–H groups in total. The number of aryl methyl sites for hydroxylation is 1. The molecule has 35 heavy (non-hydrogen) atoms. The van der Waals surface area contributed by atoms with Crippen LogP contribution in [0.5, 0.6) is 0 Å². The summed E-state index contributed by atoms with van der Waals surface area (Å²) in [6, 6.07) is 21.3. The first kappa shape index (κ1) is 22.3. The number of hydrogen-bond acceptors (Lipinski definition) is 3. The van der Waals surface area contributed by atoms with E-state index in [1.54, 1.807) is 0 Å². The molecular weight excluding hydrogens is 432 g/mol. The number of fused-ring (bicyclic) bond motifs is 5. The molecule has 180 valence electrons. The van der Waals surface area contributed by atoms with Crippen molar-refractivity contribution < 1.29 is 0 Å². The van der Waals surface area contributed by atoms with E-state index in [-0.39, 0.29) is 5.56 Å². The Hall–Kier alpha value is -3.15. The number of pyridine rings is 1. The number of piperidine rings is 1. The van der Waals surface area contributed by atoms with E-state index in [0.29, 0.717) is 11.8 Å². The van der Waals surface area contributed by atoms with Crippen LogP contribution in [0, 0.1) is 5.92 Å². The standard InChI is InChI=1S/C30H34N4O/c1-31(2)17-22-8-4-5-9-25(22)27-12-13-28-23-14-21(16-34(28)30(27)35)15-33(19-23)20-24-18-32(3)29-11-7-6-10-26(24)29/h4-13,18,21,23H,14-17,19-20H2,1-3H3/t21-,23-/m1/s1. The number of para-hydroxylation sites is 1. The first-order valence-electron chi connectivity index (χ1n) is 12.7. The average molecular weight is 467 g/mol. The molecule has 5 nitrogen and oxygen atoms in total. The number of hydrogen-bond donors (Lipinski definition) is 0. The first-order chi connectivity index (χ1) is 17.0. The second-order valence-electron chi connectivity index (χ2n) is 10.8. The lowest BCUT2D eigenvalue weighted by molar-refractivity contribution is 0.115. The summed E-state index contributed by atoms with van der Waals surface area (Å²) in [5.41, 5.74) is 7.17. The van der Waals surface area contributed by atoms with Crippen LogP contribution < -0.4 is 5.56 Å². The normalized spacial score (nSPS) is 19.9. The second-order valence-corrected chi connectivity index (χ2v) is 10.8. The molecule has 4 heterocycles. The van der Waals surface area contributed by atoms with Crippen molar-refractivity contribution in [3.63, 3.8) is 0 Å². The summed E-state index contributed by atoms with van der Waals surface area (Å²) in [5, 5.41) is 1.35. The summed E-state index contributed by atoms with van der Waals surface area (Å²) >= 11 is 0. The van der Waals surface area contributed by atoms with Crippen LogP contribution >= 0.6 is 0 Å². The molecule has 2 atom stereocenters. The van der Waals surface area contributed by atoms with E-state index in [4.69, 9.17) is 0 Å². The maximum absolute atomic E-state index is 13.7. The Morgan fingerprint density at radius 2 is 1.69 bits per heavy atom. The minimum Gasteiger partial charge on any atom is -0.350 e. The molecule has 2 aromatic carbocycles. The van der Waals surface area contributed by atoms with Gasteiger partial charge in [0.25, 0.3) is 5.56 Å². The van der Waals surface area contributed by atoms with E-state index in [9.17, 15) is 4.79 Å². The van der Waals surface area contributed by atoms with Gasteiger partial charge in [-0.1, -0.05) is 42.5 Å².